The van der Waals surface area contributed by atoms with Crippen LogP contribution in [0.2, 0.25) is 0 Å². The summed E-state index contributed by atoms with van der Waals surface area (Å²) in [7, 11) is 0. The maximum Gasteiger partial charge on any atom is 0.338 e. The zero-order valence-corrected chi connectivity index (χ0v) is 15.3. The molecule has 1 aliphatic heterocycles. The minimum Gasteiger partial charge on any atom is -0.504 e. The molecule has 0 fully saturated rings. The molecule has 0 bridgehead atoms. The number of carbonyl (C=O) groups is 1. The van der Waals surface area contributed by atoms with E-state index in [1.54, 1.807) is 20.8 Å². The molecule has 0 saturated heterocycles. The number of carbonyl (C=O) groups excluding carboxylic acids is 1. The normalized spacial score (nSPS) is 16.6. The predicted octanol–water partition coefficient (Wildman–Crippen LogP) is 2.05. The third-order valence-electron chi connectivity index (χ3n) is 3.69. The number of hydrogen-bond acceptors (Lipinski definition) is 7. The Hall–Kier alpha value is -2.88. The number of hydrogen-bond donors (Lipinski definition) is 3. The number of phenolic OH excluding ortho intramolecular Hbond substituents is 1. The number of aromatic hydroxyl groups is 1. The van der Waals surface area contributed by atoms with Crippen molar-refractivity contribution >= 4 is 29.0 Å². The van der Waals surface area contributed by atoms with Gasteiger partial charge in [0.1, 0.15) is 0 Å². The summed E-state index contributed by atoms with van der Waals surface area (Å²) in [4.78, 5) is 23.4. The van der Waals surface area contributed by atoms with Crippen LogP contribution in [0.5, 0.6) is 11.5 Å². The first-order valence-corrected chi connectivity index (χ1v) is 8.31. The van der Waals surface area contributed by atoms with Gasteiger partial charge in [0.05, 0.1) is 35.3 Å². The van der Waals surface area contributed by atoms with Crippen molar-refractivity contribution in [3.8, 4) is 11.5 Å². The van der Waals surface area contributed by atoms with Crippen LogP contribution >= 0.6 is 12.2 Å². The smallest absolute Gasteiger partial charge is 0.338 e. The van der Waals surface area contributed by atoms with Crippen molar-refractivity contribution in [2.45, 2.75) is 26.8 Å². The summed E-state index contributed by atoms with van der Waals surface area (Å²) in [5.74, 6) is -1.25. The van der Waals surface area contributed by atoms with Gasteiger partial charge < -0.3 is 25.2 Å². The number of ether oxygens (including phenoxy) is 2. The molecule has 26 heavy (non-hydrogen) atoms. The molecule has 0 spiro atoms. The van der Waals surface area contributed by atoms with Crippen LogP contribution in [0.3, 0.4) is 0 Å². The van der Waals surface area contributed by atoms with E-state index in [2.05, 4.69) is 10.6 Å². The molecule has 0 unspecified atom stereocenters. The van der Waals surface area contributed by atoms with Crippen LogP contribution in [0.25, 0.3) is 0 Å². The Kier molecular flexibility index (Phi) is 5.98. The molecule has 10 heteroatoms. The minimum atomic E-state index is -0.928. The second-order valence-corrected chi connectivity index (χ2v) is 5.74. The molecule has 1 aliphatic rings. The van der Waals surface area contributed by atoms with Gasteiger partial charge >= 0.3 is 11.7 Å². The van der Waals surface area contributed by atoms with Gasteiger partial charge in [-0.05, 0) is 45.1 Å². The molecule has 0 amide bonds. The summed E-state index contributed by atoms with van der Waals surface area (Å²) < 4.78 is 10.3. The van der Waals surface area contributed by atoms with E-state index in [0.717, 1.165) is 0 Å². The highest BCUT2D eigenvalue weighted by Crippen LogP contribution is 2.43. The SMILES string of the molecule is CCOC(=O)C1=C(C)NC(=S)N[C@@H]1c1ccc(O)c(OCC)c1[N+](=O)[O-]. The van der Waals surface area contributed by atoms with Gasteiger partial charge in [-0.25, -0.2) is 4.79 Å². The summed E-state index contributed by atoms with van der Waals surface area (Å²) in [5, 5.41) is 27.5. The topological polar surface area (TPSA) is 123 Å². The van der Waals surface area contributed by atoms with Crippen molar-refractivity contribution in [1.29, 1.82) is 0 Å². The first-order valence-electron chi connectivity index (χ1n) is 7.90. The van der Waals surface area contributed by atoms with Gasteiger partial charge in [0.2, 0.25) is 5.75 Å². The van der Waals surface area contributed by atoms with Gasteiger partial charge in [-0.1, -0.05) is 0 Å². The van der Waals surface area contributed by atoms with E-state index in [0.29, 0.717) is 5.70 Å². The molecular weight excluding hydrogens is 362 g/mol. The number of nitrogens with zero attached hydrogens (tertiary/aromatic N) is 1. The molecule has 0 radical (unpaired) electrons. The molecule has 0 aromatic heterocycles. The van der Waals surface area contributed by atoms with E-state index in [1.807, 2.05) is 0 Å². The number of nitrogens with one attached hydrogen (secondary N) is 2. The highest BCUT2D eigenvalue weighted by Gasteiger charge is 2.37. The van der Waals surface area contributed by atoms with Crippen LogP contribution in [-0.4, -0.2) is 34.3 Å². The van der Waals surface area contributed by atoms with Crippen molar-refractivity contribution in [2.24, 2.45) is 0 Å². The number of allylic oxidation sites excluding steroid dienone is 1. The minimum absolute atomic E-state index is 0.121. The summed E-state index contributed by atoms with van der Waals surface area (Å²) in [6.07, 6.45) is 0. The van der Waals surface area contributed by atoms with Crippen LogP contribution in [0.4, 0.5) is 5.69 Å². The van der Waals surface area contributed by atoms with Crippen molar-refractivity contribution in [2.75, 3.05) is 13.2 Å². The third kappa shape index (κ3) is 3.69. The summed E-state index contributed by atoms with van der Waals surface area (Å²) in [6.45, 7) is 5.20. The molecule has 0 saturated carbocycles. The number of benzene rings is 1. The van der Waals surface area contributed by atoms with Crippen LogP contribution in [0.15, 0.2) is 23.4 Å². The second-order valence-electron chi connectivity index (χ2n) is 5.33. The maximum absolute atomic E-state index is 12.4. The first kappa shape index (κ1) is 19.4. The summed E-state index contributed by atoms with van der Waals surface area (Å²) >= 11 is 5.12. The second kappa shape index (κ2) is 8.00. The molecule has 1 aromatic rings. The van der Waals surface area contributed by atoms with Crippen LogP contribution in [-0.2, 0) is 9.53 Å². The molecule has 9 nitrogen and oxygen atoms in total. The van der Waals surface area contributed by atoms with E-state index in [4.69, 9.17) is 21.7 Å². The van der Waals surface area contributed by atoms with Gasteiger partial charge in [-0.2, -0.15) is 0 Å². The lowest BCUT2D eigenvalue weighted by Crippen LogP contribution is -2.45. The Balaban J connectivity index is 2.69. The Morgan fingerprint density at radius 3 is 2.65 bits per heavy atom. The Labute approximate surface area is 155 Å². The molecule has 1 heterocycles. The number of phenols is 1. The lowest BCUT2D eigenvalue weighted by atomic mass is 9.93. The van der Waals surface area contributed by atoms with Gasteiger partial charge in [0.25, 0.3) is 0 Å². The summed E-state index contributed by atoms with van der Waals surface area (Å²) in [6, 6.07) is 1.70. The molecule has 0 aliphatic carbocycles. The van der Waals surface area contributed by atoms with E-state index >= 15 is 0 Å². The maximum atomic E-state index is 12.4. The lowest BCUT2D eigenvalue weighted by molar-refractivity contribution is -0.386. The standard InChI is InChI=1S/C16H19N3O6S/c1-4-24-14-10(20)7-6-9(13(14)19(22)23)12-11(15(21)25-5-2)8(3)17-16(26)18-12/h6-7,12,20H,4-5H2,1-3H3,(H2,17,18,26)/t12-/m1/s1. The lowest BCUT2D eigenvalue weighted by Gasteiger charge is -2.29. The van der Waals surface area contributed by atoms with Gasteiger partial charge in [0, 0.05) is 5.70 Å². The fourth-order valence-electron chi connectivity index (χ4n) is 2.69. The highest BCUT2D eigenvalue weighted by atomic mass is 32.1. The molecular formula is C16H19N3O6S. The van der Waals surface area contributed by atoms with Crippen molar-refractivity contribution in [1.82, 2.24) is 10.6 Å². The zero-order chi connectivity index (χ0) is 19.4. The average molecular weight is 381 g/mol. The van der Waals surface area contributed by atoms with Crippen molar-refractivity contribution in [3.63, 3.8) is 0 Å². The van der Waals surface area contributed by atoms with Crippen LogP contribution < -0.4 is 15.4 Å². The zero-order valence-electron chi connectivity index (χ0n) is 14.5. The number of esters is 1. The fraction of sp³-hybridized carbons (Fsp3) is 0.375. The quantitative estimate of drug-likeness (QED) is 0.294. The number of thiocarbonyl (C=S) groups is 1. The fourth-order valence-corrected chi connectivity index (χ4v) is 2.96. The molecule has 3 N–H and O–H groups in total. The largest absolute Gasteiger partial charge is 0.504 e. The van der Waals surface area contributed by atoms with Gasteiger partial charge in [0.15, 0.2) is 10.9 Å². The third-order valence-corrected chi connectivity index (χ3v) is 3.91. The predicted molar refractivity (Wildman–Crippen MR) is 96.9 cm³/mol. The Morgan fingerprint density at radius 2 is 2.08 bits per heavy atom. The van der Waals surface area contributed by atoms with E-state index in [9.17, 15) is 20.0 Å². The van der Waals surface area contributed by atoms with Crippen molar-refractivity contribution in [3.05, 3.63) is 39.1 Å². The monoisotopic (exact) mass is 381 g/mol. The van der Waals surface area contributed by atoms with E-state index in [-0.39, 0.29) is 41.0 Å². The van der Waals surface area contributed by atoms with E-state index < -0.39 is 22.6 Å². The van der Waals surface area contributed by atoms with Gasteiger partial charge in [-0.15, -0.1) is 0 Å². The molecule has 1 atom stereocenters. The number of nitro benzene ring substituents is 1. The summed E-state index contributed by atoms with van der Waals surface area (Å²) in [5.41, 5.74) is 0.278. The van der Waals surface area contributed by atoms with E-state index in [1.165, 1.54) is 12.1 Å². The van der Waals surface area contributed by atoms with Crippen LogP contribution in [0, 0.1) is 10.1 Å². The Bertz CT molecular complexity index is 792. The molecule has 2 rings (SSSR count). The average Bonchev–Trinajstić information content (AvgIpc) is 2.55. The number of nitro groups is 1. The molecule has 140 valence electrons. The highest BCUT2D eigenvalue weighted by molar-refractivity contribution is 7.80. The Morgan fingerprint density at radius 1 is 1.38 bits per heavy atom. The first-order chi connectivity index (χ1) is 12.3. The molecule has 1 aromatic carbocycles. The van der Waals surface area contributed by atoms with Gasteiger partial charge in [-0.3, -0.25) is 10.1 Å². The van der Waals surface area contributed by atoms with Crippen LogP contribution in [0.1, 0.15) is 32.4 Å². The number of rotatable bonds is 6. The van der Waals surface area contributed by atoms with Crippen molar-refractivity contribution < 1.29 is 24.3 Å².